The maximum absolute atomic E-state index is 13.0. The van der Waals surface area contributed by atoms with Crippen molar-refractivity contribution in [2.24, 2.45) is 0 Å². The smallest absolute Gasteiger partial charge is 0.255 e. The molecule has 10 heteroatoms. The summed E-state index contributed by atoms with van der Waals surface area (Å²) in [7, 11) is 1.67. The van der Waals surface area contributed by atoms with Crippen LogP contribution >= 0.6 is 0 Å². The number of carbonyl (C=O) groups excluding carboxylic acids is 1. The van der Waals surface area contributed by atoms with Gasteiger partial charge < -0.3 is 25.4 Å². The third-order valence-corrected chi connectivity index (χ3v) is 6.08. The summed E-state index contributed by atoms with van der Waals surface area (Å²) in [5.41, 5.74) is 4.23. The van der Waals surface area contributed by atoms with Crippen LogP contribution in [-0.2, 0) is 9.47 Å². The minimum atomic E-state index is -0.108. The van der Waals surface area contributed by atoms with Crippen molar-refractivity contribution in [3.63, 3.8) is 0 Å². The van der Waals surface area contributed by atoms with Crippen molar-refractivity contribution in [3.05, 3.63) is 53.5 Å². The molecule has 5 heterocycles. The summed E-state index contributed by atoms with van der Waals surface area (Å²) in [6.07, 6.45) is 9.09. The molecule has 0 unspecified atom stereocenters. The van der Waals surface area contributed by atoms with E-state index in [4.69, 9.17) is 9.47 Å². The summed E-state index contributed by atoms with van der Waals surface area (Å²) >= 11 is 0. The van der Waals surface area contributed by atoms with Crippen molar-refractivity contribution in [2.75, 3.05) is 44.1 Å². The highest BCUT2D eigenvalue weighted by atomic mass is 16.5. The Kier molecular flexibility index (Phi) is 6.41. The van der Waals surface area contributed by atoms with E-state index in [1.807, 2.05) is 31.5 Å². The van der Waals surface area contributed by atoms with E-state index >= 15 is 0 Å². The van der Waals surface area contributed by atoms with Gasteiger partial charge in [-0.3, -0.25) is 4.79 Å². The first kappa shape index (κ1) is 22.3. The molecule has 0 aromatic carbocycles. The van der Waals surface area contributed by atoms with E-state index in [-0.39, 0.29) is 18.0 Å². The third-order valence-electron chi connectivity index (χ3n) is 6.08. The lowest BCUT2D eigenvalue weighted by Gasteiger charge is -2.23. The topological polar surface area (TPSA) is 115 Å². The van der Waals surface area contributed by atoms with Gasteiger partial charge in [0.05, 0.1) is 23.9 Å². The van der Waals surface area contributed by atoms with Crippen molar-refractivity contribution in [1.29, 1.82) is 0 Å². The Balaban J connectivity index is 1.41. The fourth-order valence-electron chi connectivity index (χ4n) is 4.36. The van der Waals surface area contributed by atoms with Crippen LogP contribution in [0.3, 0.4) is 0 Å². The Morgan fingerprint density at radius 3 is 3.03 bits per heavy atom. The second kappa shape index (κ2) is 9.78. The molecule has 5 rings (SSSR count). The van der Waals surface area contributed by atoms with Crippen LogP contribution in [0, 0.1) is 0 Å². The summed E-state index contributed by atoms with van der Waals surface area (Å²) < 4.78 is 12.3. The lowest BCUT2D eigenvalue weighted by Crippen LogP contribution is -2.38. The predicted molar refractivity (Wildman–Crippen MR) is 129 cm³/mol. The van der Waals surface area contributed by atoms with Gasteiger partial charge in [-0.1, -0.05) is 6.08 Å². The van der Waals surface area contributed by atoms with Crippen LogP contribution in [0.25, 0.3) is 11.1 Å². The normalized spacial score (nSPS) is 16.9. The number of anilines is 2. The third kappa shape index (κ3) is 4.59. The second-order valence-corrected chi connectivity index (χ2v) is 8.62. The molecule has 0 spiro atoms. The molecule has 178 valence electrons. The number of amides is 1. The molecule has 1 atom stereocenters. The number of rotatable bonds is 7. The average molecular weight is 464 g/mol. The Bertz CT molecular complexity index is 1220. The van der Waals surface area contributed by atoms with E-state index in [2.05, 4.69) is 37.1 Å². The predicted octanol–water partition coefficient (Wildman–Crippen LogP) is 2.34. The average Bonchev–Trinajstić information content (AvgIpc) is 3.28. The van der Waals surface area contributed by atoms with Crippen LogP contribution in [0.5, 0.6) is 0 Å². The first-order valence-electron chi connectivity index (χ1n) is 11.6. The molecule has 0 aliphatic carbocycles. The highest BCUT2D eigenvalue weighted by Crippen LogP contribution is 2.32. The summed E-state index contributed by atoms with van der Waals surface area (Å²) in [5, 5.41) is 14.1. The molecule has 10 nitrogen and oxygen atoms in total. The number of hydrogen-bond acceptors (Lipinski definition) is 8. The van der Waals surface area contributed by atoms with Gasteiger partial charge in [-0.2, -0.15) is 10.1 Å². The van der Waals surface area contributed by atoms with Gasteiger partial charge in [0.15, 0.2) is 0 Å². The number of nitrogens with zero attached hydrogens (tertiary/aromatic N) is 4. The molecule has 3 N–H and O–H groups in total. The molecular formula is C24H29N7O3. The zero-order valence-corrected chi connectivity index (χ0v) is 19.4. The van der Waals surface area contributed by atoms with Gasteiger partial charge in [-0.25, -0.2) is 9.50 Å². The number of aromatic nitrogens is 4. The summed E-state index contributed by atoms with van der Waals surface area (Å²) in [5.74, 6) is 1.21. The number of hydrogen-bond donors (Lipinski definition) is 3. The van der Waals surface area contributed by atoms with Crippen molar-refractivity contribution in [2.45, 2.75) is 31.8 Å². The standard InChI is InChI=1S/C24H29N7O3/c1-15(14-33-2)28-24-26-12-19-18(3-7-25-22(19)30-24)16-4-8-31-21(11-16)20(13-27-31)23(32)29-17-5-9-34-10-6-17/h3-4,8,11-13,15,17H,5-7,9-10,14H2,1-2H3,(H,29,32)(H2,25,26,28,30)/t15-/m0/s1. The lowest BCUT2D eigenvalue weighted by atomic mass is 9.97. The monoisotopic (exact) mass is 463 g/mol. The highest BCUT2D eigenvalue weighted by molar-refractivity contribution is 6.01. The van der Waals surface area contributed by atoms with Crippen molar-refractivity contribution in [1.82, 2.24) is 24.9 Å². The van der Waals surface area contributed by atoms with Crippen LogP contribution in [-0.4, -0.2) is 71.0 Å². The minimum absolute atomic E-state index is 0.0941. The molecular weight excluding hydrogens is 434 g/mol. The molecule has 2 aliphatic rings. The van der Waals surface area contributed by atoms with E-state index in [1.54, 1.807) is 17.8 Å². The van der Waals surface area contributed by atoms with Crippen molar-refractivity contribution in [3.8, 4) is 0 Å². The molecule has 0 bridgehead atoms. The van der Waals surface area contributed by atoms with Crippen LogP contribution < -0.4 is 16.0 Å². The van der Waals surface area contributed by atoms with Crippen molar-refractivity contribution < 1.29 is 14.3 Å². The number of carbonyl (C=O) groups is 1. The molecule has 1 amide bonds. The number of methoxy groups -OCH3 is 1. The van der Waals surface area contributed by atoms with Crippen LogP contribution in [0.4, 0.5) is 11.8 Å². The number of pyridine rings is 1. The number of ether oxygens (including phenoxy) is 2. The molecule has 0 radical (unpaired) electrons. The van der Waals surface area contributed by atoms with E-state index in [0.29, 0.717) is 37.9 Å². The highest BCUT2D eigenvalue weighted by Gasteiger charge is 2.22. The van der Waals surface area contributed by atoms with E-state index < -0.39 is 0 Å². The second-order valence-electron chi connectivity index (χ2n) is 8.62. The molecule has 34 heavy (non-hydrogen) atoms. The Morgan fingerprint density at radius 1 is 1.35 bits per heavy atom. The van der Waals surface area contributed by atoms with Gasteiger partial charge in [0, 0.05) is 56.9 Å². The maximum Gasteiger partial charge on any atom is 0.255 e. The fourth-order valence-corrected chi connectivity index (χ4v) is 4.36. The first-order chi connectivity index (χ1) is 16.6. The first-order valence-corrected chi connectivity index (χ1v) is 11.6. The van der Waals surface area contributed by atoms with Crippen LogP contribution in [0.15, 0.2) is 36.8 Å². The van der Waals surface area contributed by atoms with E-state index in [1.165, 1.54) is 0 Å². The molecule has 0 saturated carbocycles. The Hall–Kier alpha value is -3.50. The molecule has 1 saturated heterocycles. The maximum atomic E-state index is 13.0. The molecule has 3 aromatic rings. The van der Waals surface area contributed by atoms with Gasteiger partial charge in [-0.15, -0.1) is 0 Å². The van der Waals surface area contributed by atoms with Gasteiger partial charge in [0.1, 0.15) is 5.82 Å². The van der Waals surface area contributed by atoms with Gasteiger partial charge in [0.25, 0.3) is 5.91 Å². The molecule has 1 fully saturated rings. The van der Waals surface area contributed by atoms with Crippen LogP contribution in [0.1, 0.15) is 41.3 Å². The van der Waals surface area contributed by atoms with E-state index in [0.717, 1.165) is 40.9 Å². The summed E-state index contributed by atoms with van der Waals surface area (Å²) in [6, 6.07) is 4.22. The van der Waals surface area contributed by atoms with E-state index in [9.17, 15) is 4.79 Å². The van der Waals surface area contributed by atoms with Crippen LogP contribution in [0.2, 0.25) is 0 Å². The molecule has 2 aliphatic heterocycles. The fraction of sp³-hybridized carbons (Fsp3) is 0.417. The quantitative estimate of drug-likeness (QED) is 0.489. The number of fused-ring (bicyclic) bond motifs is 2. The summed E-state index contributed by atoms with van der Waals surface area (Å²) in [6.45, 7) is 4.58. The lowest BCUT2D eigenvalue weighted by molar-refractivity contribution is 0.0697. The molecule has 3 aromatic heterocycles. The van der Waals surface area contributed by atoms with Gasteiger partial charge in [0.2, 0.25) is 5.95 Å². The van der Waals surface area contributed by atoms with Gasteiger partial charge in [-0.05, 0) is 43.0 Å². The summed E-state index contributed by atoms with van der Waals surface area (Å²) in [4.78, 5) is 22.1. The number of nitrogens with one attached hydrogen (secondary N) is 3. The van der Waals surface area contributed by atoms with Crippen molar-refractivity contribution >= 4 is 28.8 Å². The Labute approximate surface area is 197 Å². The largest absolute Gasteiger partial charge is 0.383 e. The zero-order chi connectivity index (χ0) is 23.5. The zero-order valence-electron chi connectivity index (χ0n) is 19.4. The van der Waals surface area contributed by atoms with Gasteiger partial charge >= 0.3 is 0 Å². The SMILES string of the molecule is COC[C@H](C)Nc1ncc2c(n1)NCC=C2c1ccn2ncc(C(=O)NC3CCOCC3)c2c1. The Morgan fingerprint density at radius 2 is 2.21 bits per heavy atom. The minimum Gasteiger partial charge on any atom is -0.383 e.